The molecule has 2 atom stereocenters. The average Bonchev–Trinajstić information content (AvgIpc) is 2.53. The first-order valence-electron chi connectivity index (χ1n) is 8.38. The Morgan fingerprint density at radius 3 is 2.50 bits per heavy atom. The Balaban J connectivity index is 0.00000208. The molecule has 1 aliphatic heterocycles. The highest BCUT2D eigenvalue weighted by Gasteiger charge is 2.42. The molecule has 6 heteroatoms. The monoisotopic (exact) mass is 351 g/mol. The van der Waals surface area contributed by atoms with Gasteiger partial charge in [0.1, 0.15) is 17.5 Å². The number of aliphatic hydroxyl groups is 1. The van der Waals surface area contributed by atoms with Crippen molar-refractivity contribution < 1.29 is 9.84 Å². The van der Waals surface area contributed by atoms with Gasteiger partial charge in [-0.3, -0.25) is 9.97 Å². The van der Waals surface area contributed by atoms with Crippen LogP contribution in [0.2, 0.25) is 0 Å². The maximum atomic E-state index is 10.7. The minimum absolute atomic E-state index is 0. The van der Waals surface area contributed by atoms with Crippen LogP contribution in [-0.4, -0.2) is 33.3 Å². The number of aromatic nitrogens is 2. The predicted octanol–water partition coefficient (Wildman–Crippen LogP) is 3.40. The molecule has 0 amide bonds. The van der Waals surface area contributed by atoms with E-state index in [2.05, 4.69) is 22.2 Å². The second-order valence-electron chi connectivity index (χ2n) is 6.72. The van der Waals surface area contributed by atoms with E-state index >= 15 is 0 Å². The molecule has 0 saturated heterocycles. The Bertz CT molecular complexity index is 693. The number of nitrogens with one attached hydrogen (secondary N) is 1. The summed E-state index contributed by atoms with van der Waals surface area (Å²) in [4.78, 5) is 8.71. The Labute approximate surface area is 149 Å². The summed E-state index contributed by atoms with van der Waals surface area (Å²) in [6.45, 7) is 6.90. The molecule has 0 bridgehead atoms. The number of rotatable bonds is 5. The van der Waals surface area contributed by atoms with Crippen LogP contribution in [0.15, 0.2) is 24.5 Å². The summed E-state index contributed by atoms with van der Waals surface area (Å²) in [7, 11) is 0. The summed E-state index contributed by atoms with van der Waals surface area (Å²) < 4.78 is 6.04. The number of unbranched alkanes of at least 4 members (excludes halogenated alkanes) is 2. The van der Waals surface area contributed by atoms with E-state index < -0.39 is 11.7 Å². The van der Waals surface area contributed by atoms with E-state index in [1.807, 2.05) is 26.0 Å². The van der Waals surface area contributed by atoms with Gasteiger partial charge in [0.05, 0.1) is 17.1 Å². The van der Waals surface area contributed by atoms with E-state index in [4.69, 9.17) is 4.74 Å². The fraction of sp³-hybridized carbons (Fsp3) is 0.556. The maximum Gasteiger partial charge on any atom is 0.131 e. The van der Waals surface area contributed by atoms with Crippen molar-refractivity contribution in [3.05, 3.63) is 30.1 Å². The Hall–Kier alpha value is -1.43. The molecule has 2 N–H and O–H groups in total. The van der Waals surface area contributed by atoms with Crippen molar-refractivity contribution in [1.29, 1.82) is 0 Å². The first-order chi connectivity index (χ1) is 11.0. The predicted molar refractivity (Wildman–Crippen MR) is 97.8 cm³/mol. The summed E-state index contributed by atoms with van der Waals surface area (Å²) in [5.41, 5.74) is 1.94. The summed E-state index contributed by atoms with van der Waals surface area (Å²) in [5.74, 6) is 0.779. The molecule has 1 aromatic heterocycles. The van der Waals surface area contributed by atoms with E-state index in [9.17, 15) is 5.11 Å². The summed E-state index contributed by atoms with van der Waals surface area (Å²) in [6.07, 6.45) is 6.21. The van der Waals surface area contributed by atoms with Gasteiger partial charge in [-0.25, -0.2) is 0 Å². The van der Waals surface area contributed by atoms with Gasteiger partial charge < -0.3 is 15.2 Å². The number of fused-ring (bicyclic) bond motifs is 2. The summed E-state index contributed by atoms with van der Waals surface area (Å²) >= 11 is 0. The zero-order chi connectivity index (χ0) is 16.4. The van der Waals surface area contributed by atoms with Gasteiger partial charge in [-0.1, -0.05) is 19.8 Å². The van der Waals surface area contributed by atoms with Crippen LogP contribution in [0.3, 0.4) is 0 Å². The molecule has 2 aromatic rings. The van der Waals surface area contributed by atoms with Crippen LogP contribution in [0, 0.1) is 0 Å². The Morgan fingerprint density at radius 1 is 1.17 bits per heavy atom. The quantitative estimate of drug-likeness (QED) is 0.808. The highest BCUT2D eigenvalue weighted by Crippen LogP contribution is 2.41. The van der Waals surface area contributed by atoms with Crippen LogP contribution < -0.4 is 10.1 Å². The topological polar surface area (TPSA) is 67.3 Å². The van der Waals surface area contributed by atoms with Gasteiger partial charge in [-0.15, -0.1) is 12.4 Å². The number of aliphatic hydroxyl groups excluding tert-OH is 1. The zero-order valence-electron chi connectivity index (χ0n) is 14.5. The molecule has 0 radical (unpaired) electrons. The molecular formula is C18H26ClN3O2. The van der Waals surface area contributed by atoms with Gasteiger partial charge in [0.25, 0.3) is 0 Å². The largest absolute Gasteiger partial charge is 0.485 e. The third-order valence-corrected chi connectivity index (χ3v) is 4.48. The van der Waals surface area contributed by atoms with Gasteiger partial charge in [-0.2, -0.15) is 0 Å². The van der Waals surface area contributed by atoms with Gasteiger partial charge >= 0.3 is 0 Å². The van der Waals surface area contributed by atoms with E-state index in [-0.39, 0.29) is 18.4 Å². The molecule has 0 fully saturated rings. The first-order valence-corrected chi connectivity index (χ1v) is 8.38. The van der Waals surface area contributed by atoms with Crippen LogP contribution in [0.5, 0.6) is 5.75 Å². The van der Waals surface area contributed by atoms with Crippen molar-refractivity contribution in [2.45, 2.75) is 57.8 Å². The number of halogens is 1. The molecule has 3 rings (SSSR count). The van der Waals surface area contributed by atoms with Gasteiger partial charge in [0.2, 0.25) is 0 Å². The SMILES string of the molecule is CCCCCNC1c2cc3nccnc3cc2OC(C)(C)C1O.Cl. The molecular weight excluding hydrogens is 326 g/mol. The average molecular weight is 352 g/mol. The lowest BCUT2D eigenvalue weighted by molar-refractivity contribution is -0.0643. The van der Waals surface area contributed by atoms with Crippen LogP contribution >= 0.6 is 12.4 Å². The van der Waals surface area contributed by atoms with Crippen molar-refractivity contribution in [3.63, 3.8) is 0 Å². The summed E-state index contributed by atoms with van der Waals surface area (Å²) in [6, 6.07) is 3.75. The highest BCUT2D eigenvalue weighted by molar-refractivity contribution is 5.85. The fourth-order valence-electron chi connectivity index (χ4n) is 3.11. The van der Waals surface area contributed by atoms with Gasteiger partial charge in [0, 0.05) is 24.0 Å². The zero-order valence-corrected chi connectivity index (χ0v) is 15.3. The molecule has 5 nitrogen and oxygen atoms in total. The van der Waals surface area contributed by atoms with E-state index in [1.165, 1.54) is 12.8 Å². The normalized spacial score (nSPS) is 21.7. The third kappa shape index (κ3) is 3.63. The van der Waals surface area contributed by atoms with E-state index in [0.717, 1.165) is 35.3 Å². The number of hydrogen-bond acceptors (Lipinski definition) is 5. The smallest absolute Gasteiger partial charge is 0.131 e. The van der Waals surface area contributed by atoms with E-state index in [1.54, 1.807) is 12.4 Å². The fourth-order valence-corrected chi connectivity index (χ4v) is 3.11. The minimum atomic E-state index is -0.648. The molecule has 0 saturated carbocycles. The lowest BCUT2D eigenvalue weighted by Gasteiger charge is -2.42. The number of hydrogen-bond donors (Lipinski definition) is 2. The molecule has 132 valence electrons. The standard InChI is InChI=1S/C18H25N3O2.ClH/c1-4-5-6-7-21-16-12-10-13-14(20-9-8-19-13)11-15(12)23-18(2,3)17(16)22;/h8-11,16-17,21-22H,4-7H2,1-3H3;1H. The van der Waals surface area contributed by atoms with Gasteiger partial charge in [-0.05, 0) is 32.9 Å². The number of nitrogens with zero attached hydrogens (tertiary/aromatic N) is 2. The lowest BCUT2D eigenvalue weighted by Crippen LogP contribution is -2.52. The molecule has 2 unspecified atom stereocenters. The number of benzene rings is 1. The van der Waals surface area contributed by atoms with Crippen LogP contribution in [-0.2, 0) is 0 Å². The molecule has 0 spiro atoms. The van der Waals surface area contributed by atoms with Crippen molar-refractivity contribution in [1.82, 2.24) is 15.3 Å². The maximum absolute atomic E-state index is 10.7. The van der Waals surface area contributed by atoms with Crippen LogP contribution in [0.25, 0.3) is 11.0 Å². The first kappa shape index (κ1) is 18.9. The molecule has 1 aromatic carbocycles. The van der Waals surface area contributed by atoms with Crippen molar-refractivity contribution >= 4 is 23.4 Å². The lowest BCUT2D eigenvalue weighted by atomic mass is 9.86. The Kier molecular flexibility index (Phi) is 6.01. The van der Waals surface area contributed by atoms with Crippen molar-refractivity contribution in [3.8, 4) is 5.75 Å². The van der Waals surface area contributed by atoms with Crippen LogP contribution in [0.1, 0.15) is 51.6 Å². The molecule has 0 aliphatic carbocycles. The molecule has 24 heavy (non-hydrogen) atoms. The number of ether oxygens (including phenoxy) is 1. The van der Waals surface area contributed by atoms with Crippen LogP contribution in [0.4, 0.5) is 0 Å². The molecule has 2 heterocycles. The Morgan fingerprint density at radius 2 is 1.83 bits per heavy atom. The van der Waals surface area contributed by atoms with E-state index in [0.29, 0.717) is 0 Å². The minimum Gasteiger partial charge on any atom is -0.485 e. The van der Waals surface area contributed by atoms with Crippen molar-refractivity contribution in [2.75, 3.05) is 6.54 Å². The second kappa shape index (κ2) is 7.64. The highest BCUT2D eigenvalue weighted by atomic mass is 35.5. The second-order valence-corrected chi connectivity index (χ2v) is 6.72. The van der Waals surface area contributed by atoms with Crippen molar-refractivity contribution in [2.24, 2.45) is 0 Å². The molecule has 1 aliphatic rings. The third-order valence-electron chi connectivity index (χ3n) is 4.48. The summed E-state index contributed by atoms with van der Waals surface area (Å²) in [5, 5.41) is 14.3. The van der Waals surface area contributed by atoms with Gasteiger partial charge in [0.15, 0.2) is 0 Å².